The molecule has 0 aliphatic rings. The maximum atomic E-state index is 13.4. The molecule has 28 heavy (non-hydrogen) atoms. The highest BCUT2D eigenvalue weighted by Gasteiger charge is 2.33. The second kappa shape index (κ2) is 10.7. The summed E-state index contributed by atoms with van der Waals surface area (Å²) in [7, 11) is -1.87. The summed E-state index contributed by atoms with van der Waals surface area (Å²) in [6, 6.07) is 12.2. The number of aryl methyl sites for hydroxylation is 1. The SMILES string of the molecule is CC[Si](CC)(CC)OC(CCCc1cc(F)cc(F)c1)c1cc(Cl)ccc1Cl. The fourth-order valence-electron chi connectivity index (χ4n) is 3.59. The van der Waals surface area contributed by atoms with Crippen LogP contribution in [0.3, 0.4) is 0 Å². The summed E-state index contributed by atoms with van der Waals surface area (Å²) >= 11 is 12.7. The van der Waals surface area contributed by atoms with Gasteiger partial charge in [0, 0.05) is 16.1 Å². The van der Waals surface area contributed by atoms with Crippen molar-refractivity contribution in [2.45, 2.75) is 64.3 Å². The third-order valence-corrected chi connectivity index (χ3v) is 10.7. The number of hydrogen-bond donors (Lipinski definition) is 0. The summed E-state index contributed by atoms with van der Waals surface area (Å²) in [5.41, 5.74) is 1.55. The molecule has 0 saturated carbocycles. The van der Waals surface area contributed by atoms with E-state index < -0.39 is 20.0 Å². The third kappa shape index (κ3) is 6.28. The lowest BCUT2D eigenvalue weighted by atomic mass is 10.0. The van der Waals surface area contributed by atoms with E-state index in [1.165, 1.54) is 12.1 Å². The smallest absolute Gasteiger partial charge is 0.192 e. The van der Waals surface area contributed by atoms with Crippen LogP contribution < -0.4 is 0 Å². The normalized spacial score (nSPS) is 13.0. The van der Waals surface area contributed by atoms with E-state index in [1.807, 2.05) is 6.07 Å². The van der Waals surface area contributed by atoms with Crippen LogP contribution in [-0.4, -0.2) is 8.32 Å². The zero-order valence-electron chi connectivity index (χ0n) is 16.7. The fourth-order valence-corrected chi connectivity index (χ4v) is 6.86. The summed E-state index contributed by atoms with van der Waals surface area (Å²) in [5.74, 6) is -1.09. The third-order valence-electron chi connectivity index (χ3n) is 5.48. The predicted octanol–water partition coefficient (Wildman–Crippen LogP) is 8.36. The lowest BCUT2D eigenvalue weighted by Gasteiger charge is -2.34. The van der Waals surface area contributed by atoms with Crippen LogP contribution in [0.25, 0.3) is 0 Å². The van der Waals surface area contributed by atoms with Gasteiger partial charge in [0.05, 0.1) is 6.10 Å². The fraction of sp³-hybridized carbons (Fsp3) is 0.455. The molecule has 0 aromatic heterocycles. The van der Waals surface area contributed by atoms with Gasteiger partial charge in [0.2, 0.25) is 0 Å². The molecule has 0 saturated heterocycles. The minimum absolute atomic E-state index is 0.170. The number of hydrogen-bond acceptors (Lipinski definition) is 1. The van der Waals surface area contributed by atoms with Gasteiger partial charge in [0.1, 0.15) is 11.6 Å². The van der Waals surface area contributed by atoms with E-state index in [2.05, 4.69) is 20.8 Å². The van der Waals surface area contributed by atoms with Crippen LogP contribution in [-0.2, 0) is 10.8 Å². The Kier molecular flexibility index (Phi) is 8.94. The predicted molar refractivity (Wildman–Crippen MR) is 117 cm³/mol. The highest BCUT2D eigenvalue weighted by atomic mass is 35.5. The second-order valence-electron chi connectivity index (χ2n) is 7.19. The number of benzene rings is 2. The first-order valence-electron chi connectivity index (χ1n) is 9.90. The Balaban J connectivity index is 2.21. The molecule has 0 fully saturated rings. The molecule has 0 radical (unpaired) electrons. The van der Waals surface area contributed by atoms with Gasteiger partial charge < -0.3 is 4.43 Å². The van der Waals surface area contributed by atoms with Crippen LogP contribution in [0.15, 0.2) is 36.4 Å². The molecule has 0 aliphatic heterocycles. The Morgan fingerprint density at radius 1 is 0.929 bits per heavy atom. The number of rotatable bonds is 10. The molecule has 1 unspecified atom stereocenters. The maximum Gasteiger partial charge on any atom is 0.192 e. The summed E-state index contributed by atoms with van der Waals surface area (Å²) in [5, 5.41) is 1.26. The molecule has 0 N–H and O–H groups in total. The van der Waals surface area contributed by atoms with Gasteiger partial charge in [-0.2, -0.15) is 0 Å². The van der Waals surface area contributed by atoms with Gasteiger partial charge in [-0.3, -0.25) is 0 Å². The Morgan fingerprint density at radius 2 is 1.54 bits per heavy atom. The standard InChI is InChI=1S/C22H28Cl2F2OSi/c1-4-28(5-2,6-3)27-22(20-14-17(23)10-11-21(20)24)9-7-8-16-12-18(25)15-19(26)13-16/h10-15,22H,4-9H2,1-3H3. The molecule has 6 heteroatoms. The first-order chi connectivity index (χ1) is 13.3. The van der Waals surface area contributed by atoms with Gasteiger partial charge >= 0.3 is 0 Å². The van der Waals surface area contributed by atoms with E-state index in [-0.39, 0.29) is 6.10 Å². The Morgan fingerprint density at radius 3 is 2.11 bits per heavy atom. The van der Waals surface area contributed by atoms with Crippen molar-refractivity contribution in [2.75, 3.05) is 0 Å². The minimum atomic E-state index is -1.87. The van der Waals surface area contributed by atoms with E-state index in [4.69, 9.17) is 27.6 Å². The van der Waals surface area contributed by atoms with E-state index >= 15 is 0 Å². The average molecular weight is 445 g/mol. The summed E-state index contributed by atoms with van der Waals surface area (Å²) in [6.07, 6.45) is 1.85. The highest BCUT2D eigenvalue weighted by molar-refractivity contribution is 6.73. The van der Waals surface area contributed by atoms with Crippen molar-refractivity contribution in [1.29, 1.82) is 0 Å². The van der Waals surface area contributed by atoms with Gasteiger partial charge in [-0.25, -0.2) is 8.78 Å². The van der Waals surface area contributed by atoms with E-state index in [1.54, 1.807) is 12.1 Å². The second-order valence-corrected chi connectivity index (χ2v) is 12.8. The Hall–Kier alpha value is -0.943. The molecule has 0 heterocycles. The molecule has 1 atom stereocenters. The van der Waals surface area contributed by atoms with Crippen molar-refractivity contribution in [1.82, 2.24) is 0 Å². The van der Waals surface area contributed by atoms with Crippen LogP contribution in [0.1, 0.15) is 50.8 Å². The lowest BCUT2D eigenvalue weighted by molar-refractivity contribution is 0.176. The van der Waals surface area contributed by atoms with E-state index in [0.717, 1.165) is 36.2 Å². The molecule has 2 aromatic rings. The molecule has 1 nitrogen and oxygen atoms in total. The molecular formula is C22H28Cl2F2OSi. The number of halogens is 4. The summed E-state index contributed by atoms with van der Waals surface area (Å²) in [6.45, 7) is 6.56. The Labute approximate surface area is 178 Å². The highest BCUT2D eigenvalue weighted by Crippen LogP contribution is 2.37. The van der Waals surface area contributed by atoms with Crippen molar-refractivity contribution < 1.29 is 13.2 Å². The van der Waals surface area contributed by atoms with Crippen molar-refractivity contribution >= 4 is 31.5 Å². The molecule has 154 valence electrons. The molecule has 0 amide bonds. The topological polar surface area (TPSA) is 9.23 Å². The molecule has 0 spiro atoms. The largest absolute Gasteiger partial charge is 0.410 e. The molecule has 0 aliphatic carbocycles. The van der Waals surface area contributed by atoms with Crippen molar-refractivity contribution in [3.63, 3.8) is 0 Å². The molecule has 0 bridgehead atoms. The van der Waals surface area contributed by atoms with Crippen molar-refractivity contribution in [3.05, 3.63) is 69.2 Å². The van der Waals surface area contributed by atoms with Crippen LogP contribution in [0.5, 0.6) is 0 Å². The van der Waals surface area contributed by atoms with Crippen LogP contribution in [0, 0.1) is 11.6 Å². The zero-order valence-corrected chi connectivity index (χ0v) is 19.2. The van der Waals surface area contributed by atoms with Gasteiger partial charge in [0.25, 0.3) is 0 Å². The lowest BCUT2D eigenvalue weighted by Crippen LogP contribution is -2.37. The quantitative estimate of drug-likeness (QED) is 0.334. The monoisotopic (exact) mass is 444 g/mol. The van der Waals surface area contributed by atoms with Gasteiger partial charge in [-0.1, -0.05) is 44.0 Å². The Bertz CT molecular complexity index is 753. The van der Waals surface area contributed by atoms with Gasteiger partial charge in [-0.05, 0) is 78.9 Å². The van der Waals surface area contributed by atoms with E-state index in [0.29, 0.717) is 28.5 Å². The van der Waals surface area contributed by atoms with Gasteiger partial charge in [0.15, 0.2) is 8.32 Å². The van der Waals surface area contributed by atoms with Crippen molar-refractivity contribution in [3.8, 4) is 0 Å². The molecule has 2 rings (SSSR count). The van der Waals surface area contributed by atoms with Crippen LogP contribution in [0.2, 0.25) is 28.2 Å². The maximum absolute atomic E-state index is 13.4. The van der Waals surface area contributed by atoms with Crippen molar-refractivity contribution in [2.24, 2.45) is 0 Å². The zero-order chi connectivity index (χ0) is 20.7. The summed E-state index contributed by atoms with van der Waals surface area (Å²) in [4.78, 5) is 0. The first-order valence-corrected chi connectivity index (χ1v) is 13.2. The van der Waals surface area contributed by atoms with Crippen LogP contribution in [0.4, 0.5) is 8.78 Å². The summed E-state index contributed by atoms with van der Waals surface area (Å²) < 4.78 is 33.6. The molecular weight excluding hydrogens is 417 g/mol. The van der Waals surface area contributed by atoms with E-state index in [9.17, 15) is 8.78 Å². The average Bonchev–Trinajstić information content (AvgIpc) is 2.66. The first kappa shape index (κ1) is 23.3. The minimum Gasteiger partial charge on any atom is -0.410 e. The van der Waals surface area contributed by atoms with Gasteiger partial charge in [-0.15, -0.1) is 0 Å². The molecule has 2 aromatic carbocycles. The van der Waals surface area contributed by atoms with Crippen LogP contribution >= 0.6 is 23.2 Å².